The highest BCUT2D eigenvalue weighted by molar-refractivity contribution is 5.85. The zero-order chi connectivity index (χ0) is 39.2. The van der Waals surface area contributed by atoms with E-state index in [1.54, 1.807) is 13.8 Å². The number of hydrogen-bond donors (Lipinski definition) is 6. The van der Waals surface area contributed by atoms with Crippen LogP contribution < -0.4 is 0 Å². The topological polar surface area (TPSA) is 203 Å². The van der Waals surface area contributed by atoms with Crippen molar-refractivity contribution >= 4 is 5.97 Å². The second-order valence-electron chi connectivity index (χ2n) is 18.9. The van der Waals surface area contributed by atoms with Gasteiger partial charge in [-0.05, 0) is 94.5 Å². The number of carbonyl (C=O) groups is 1. The second-order valence-corrected chi connectivity index (χ2v) is 18.9. The number of cyclic esters (lactones) is 1. The molecule has 0 radical (unpaired) electrons. The van der Waals surface area contributed by atoms with Crippen molar-refractivity contribution in [2.45, 2.75) is 197 Å². The Morgan fingerprint density at radius 2 is 1.29 bits per heavy atom. The minimum atomic E-state index is -1.01. The zero-order valence-corrected chi connectivity index (χ0v) is 32.9. The van der Waals surface area contributed by atoms with Gasteiger partial charge < -0.3 is 63.8 Å². The summed E-state index contributed by atoms with van der Waals surface area (Å²) in [5, 5.41) is 66.3. The fourth-order valence-corrected chi connectivity index (χ4v) is 12.9. The van der Waals surface area contributed by atoms with Gasteiger partial charge in [0.1, 0.15) is 24.9 Å². The first kappa shape index (κ1) is 40.5. The van der Waals surface area contributed by atoms with E-state index in [1.807, 2.05) is 6.92 Å². The minimum absolute atomic E-state index is 0.0203. The number of hydrogen-bond acceptors (Lipinski definition) is 14. The van der Waals surface area contributed by atoms with Gasteiger partial charge in [0.15, 0.2) is 18.9 Å². The van der Waals surface area contributed by atoms with Crippen molar-refractivity contribution in [2.24, 2.45) is 34.5 Å². The van der Waals surface area contributed by atoms with Crippen LogP contribution in [0.4, 0.5) is 0 Å². The van der Waals surface area contributed by atoms with Crippen molar-refractivity contribution in [2.75, 3.05) is 6.61 Å². The molecule has 4 aliphatic carbocycles. The van der Waals surface area contributed by atoms with E-state index in [0.717, 1.165) is 50.5 Å². The van der Waals surface area contributed by atoms with Crippen LogP contribution in [0.3, 0.4) is 0 Å². The van der Waals surface area contributed by atoms with Crippen molar-refractivity contribution in [3.8, 4) is 0 Å². The van der Waals surface area contributed by atoms with Crippen LogP contribution in [-0.2, 0) is 38.0 Å². The van der Waals surface area contributed by atoms with Crippen molar-refractivity contribution in [3.63, 3.8) is 0 Å². The Morgan fingerprint density at radius 3 is 1.87 bits per heavy atom. The highest BCUT2D eigenvalue weighted by Gasteiger charge is 2.70. The molecule has 14 nitrogen and oxygen atoms in total. The Hall–Kier alpha value is -1.27. The Balaban J connectivity index is 0.834. The predicted octanol–water partition coefficient (Wildman–Crippen LogP) is 2.22. The lowest BCUT2D eigenvalue weighted by Crippen LogP contribution is -2.62. The van der Waals surface area contributed by atoms with Crippen LogP contribution in [0, 0.1) is 34.5 Å². The molecule has 0 bridgehead atoms. The summed E-state index contributed by atoms with van der Waals surface area (Å²) in [7, 11) is 0. The monoisotopic (exact) mass is 780 g/mol. The summed E-state index contributed by atoms with van der Waals surface area (Å²) in [6.45, 7) is 9.98. The molecule has 0 unspecified atom stereocenters. The second kappa shape index (κ2) is 15.1. The molecule has 0 aromatic heterocycles. The lowest BCUT2D eigenvalue weighted by atomic mass is 9.43. The third kappa shape index (κ3) is 7.05. The molecule has 3 saturated heterocycles. The van der Waals surface area contributed by atoms with Crippen molar-refractivity contribution in [1.82, 2.24) is 0 Å². The maximum absolute atomic E-state index is 12.6. The quantitative estimate of drug-likeness (QED) is 0.162. The first-order chi connectivity index (χ1) is 26.0. The van der Waals surface area contributed by atoms with Crippen LogP contribution in [0.2, 0.25) is 0 Å². The van der Waals surface area contributed by atoms with Crippen LogP contribution in [0.5, 0.6) is 0 Å². The van der Waals surface area contributed by atoms with E-state index in [4.69, 9.17) is 33.2 Å². The summed E-state index contributed by atoms with van der Waals surface area (Å²) in [6.07, 6.45) is -1.26. The van der Waals surface area contributed by atoms with Crippen LogP contribution in [-0.4, -0.2) is 135 Å². The molecule has 4 heterocycles. The molecule has 4 aliphatic heterocycles. The van der Waals surface area contributed by atoms with Gasteiger partial charge in [0, 0.05) is 43.1 Å². The van der Waals surface area contributed by atoms with E-state index in [9.17, 15) is 35.4 Å². The predicted molar refractivity (Wildman–Crippen MR) is 193 cm³/mol. The van der Waals surface area contributed by atoms with Crippen LogP contribution in [0.15, 0.2) is 11.6 Å². The smallest absolute Gasteiger partial charge is 0.331 e. The lowest BCUT2D eigenvalue weighted by Gasteiger charge is -2.63. The Bertz CT molecular complexity index is 1410. The third-order valence-electron chi connectivity index (χ3n) is 15.8. The van der Waals surface area contributed by atoms with Gasteiger partial charge in [-0.1, -0.05) is 13.8 Å². The van der Waals surface area contributed by atoms with Gasteiger partial charge in [-0.25, -0.2) is 4.79 Å². The van der Waals surface area contributed by atoms with Crippen molar-refractivity contribution in [1.29, 1.82) is 0 Å². The molecule has 8 aliphatic rings. The molecule has 55 heavy (non-hydrogen) atoms. The summed E-state index contributed by atoms with van der Waals surface area (Å²) in [5.41, 5.74) is -0.686. The Morgan fingerprint density at radius 1 is 0.691 bits per heavy atom. The third-order valence-corrected chi connectivity index (χ3v) is 15.8. The molecule has 7 fully saturated rings. The van der Waals surface area contributed by atoms with E-state index < -0.39 is 90.9 Å². The molecule has 4 saturated carbocycles. The molecule has 0 aromatic carbocycles. The maximum atomic E-state index is 12.6. The number of aliphatic hydroxyl groups is 6. The molecule has 6 N–H and O–H groups in total. The largest absolute Gasteiger partial charge is 0.458 e. The molecule has 0 amide bonds. The van der Waals surface area contributed by atoms with Crippen LogP contribution in [0.1, 0.15) is 105 Å². The van der Waals surface area contributed by atoms with Gasteiger partial charge in [-0.3, -0.25) is 0 Å². The number of esters is 1. The van der Waals surface area contributed by atoms with E-state index in [0.29, 0.717) is 18.3 Å². The van der Waals surface area contributed by atoms with Gasteiger partial charge in [-0.15, -0.1) is 0 Å². The summed E-state index contributed by atoms with van der Waals surface area (Å²) in [4.78, 5) is 12.0. The van der Waals surface area contributed by atoms with Crippen molar-refractivity contribution in [3.05, 3.63) is 11.6 Å². The first-order valence-electron chi connectivity index (χ1n) is 20.9. The van der Waals surface area contributed by atoms with Crippen LogP contribution >= 0.6 is 0 Å². The van der Waals surface area contributed by atoms with E-state index in [1.165, 1.54) is 6.08 Å². The number of fused-ring (bicyclic) bond motifs is 5. The number of rotatable bonds is 7. The van der Waals surface area contributed by atoms with Gasteiger partial charge in [-0.2, -0.15) is 0 Å². The summed E-state index contributed by atoms with van der Waals surface area (Å²) in [5.74, 6) is 0.174. The lowest BCUT2D eigenvalue weighted by molar-refractivity contribution is -0.336. The number of carbonyl (C=O) groups excluding carboxylic acids is 1. The summed E-state index contributed by atoms with van der Waals surface area (Å²) in [6, 6.07) is 0. The van der Waals surface area contributed by atoms with Gasteiger partial charge >= 0.3 is 5.97 Å². The maximum Gasteiger partial charge on any atom is 0.331 e. The molecular weight excluding hydrogens is 716 g/mol. The fraction of sp³-hybridized carbons (Fsp3) is 0.927. The number of ether oxygens (including phenoxy) is 7. The average molecular weight is 781 g/mol. The highest BCUT2D eigenvalue weighted by Crippen LogP contribution is 2.70. The standard InChI is InChI=1S/C41H64O14/c1-19-36(47)27(42)14-33(50-19)54-38-21(3)52-34(16-29(38)44)55-37-20(2)51-32(15-28(37)43)53-24-8-10-39(4)23(13-24)6-7-26-25(39)9-11-40(5)35(22-12-31(46)49-18-22)30(45)17-41(26,40)48/h12,19-21,23-30,32-38,42-45,47-48H,6-11,13-18H2,1-5H3/t19-,20+,21+,23+,24-,25-,26+,27-,28+,29+,30-,32-,33+,34-,35-,36+,37-,38-,39-,40+,41-/m0/s1. The van der Waals surface area contributed by atoms with E-state index in [-0.39, 0.29) is 55.2 Å². The molecule has 21 atom stereocenters. The normalized spacial score (nSPS) is 55.5. The summed E-state index contributed by atoms with van der Waals surface area (Å²) < 4.78 is 42.1. The van der Waals surface area contributed by atoms with Crippen LogP contribution in [0.25, 0.3) is 0 Å². The Kier molecular flexibility index (Phi) is 11.1. The minimum Gasteiger partial charge on any atom is -0.458 e. The van der Waals surface area contributed by atoms with E-state index >= 15 is 0 Å². The van der Waals surface area contributed by atoms with Crippen molar-refractivity contribution < 1.29 is 68.6 Å². The molecular formula is C41H64O14. The fourth-order valence-electron chi connectivity index (χ4n) is 12.9. The molecule has 0 spiro atoms. The van der Waals surface area contributed by atoms with Gasteiger partial charge in [0.2, 0.25) is 0 Å². The zero-order valence-electron chi connectivity index (χ0n) is 32.9. The molecule has 8 rings (SSSR count). The average Bonchev–Trinajstić information content (AvgIpc) is 3.62. The van der Waals surface area contributed by atoms with Gasteiger partial charge in [0.05, 0.1) is 54.4 Å². The number of aliphatic hydroxyl groups excluding tert-OH is 5. The molecule has 312 valence electrons. The van der Waals surface area contributed by atoms with Gasteiger partial charge in [0.25, 0.3) is 0 Å². The van der Waals surface area contributed by atoms with E-state index in [2.05, 4.69) is 13.8 Å². The summed E-state index contributed by atoms with van der Waals surface area (Å²) >= 11 is 0. The SMILES string of the molecule is C[C@@H]1O[C@H](O[C@@H]2[C@H](O)C[C@H](O[C@@H]3[C@H](O)C[C@H](O[C@H]4CC[C@@]5(C)[C@H](CC[C@@H]6[C@@H]5CC[C@]5(C)[C@@H](C7=CC(=O)OC7)[C@@H](O)C[C@]65O)C4)O[C@@H]3C)O[C@@H]2C)C[C@H](O)[C@@H]1O. The highest BCUT2D eigenvalue weighted by atomic mass is 16.7. The molecule has 14 heteroatoms. The first-order valence-corrected chi connectivity index (χ1v) is 20.9. The Labute approximate surface area is 323 Å². The molecule has 0 aromatic rings.